The Hall–Kier alpha value is -2.02. The minimum Gasteiger partial charge on any atom is -0.370 e. The maximum atomic E-state index is 12.6. The highest BCUT2D eigenvalue weighted by molar-refractivity contribution is 6.33. The topological polar surface area (TPSA) is 74.7 Å². The van der Waals surface area contributed by atoms with Gasteiger partial charge in [0.15, 0.2) is 0 Å². The highest BCUT2D eigenvalue weighted by Crippen LogP contribution is 2.30. The van der Waals surface area contributed by atoms with Gasteiger partial charge in [0.1, 0.15) is 5.82 Å². The highest BCUT2D eigenvalue weighted by Gasteiger charge is 2.19. The quantitative estimate of drug-likeness (QED) is 0.605. The van der Waals surface area contributed by atoms with Crippen molar-refractivity contribution < 1.29 is 0 Å². The Morgan fingerprint density at radius 3 is 3.00 bits per heavy atom. The molecular weight excluding hydrogens is 385 g/mol. The number of anilines is 1. The van der Waals surface area contributed by atoms with E-state index in [-0.39, 0.29) is 11.7 Å². The number of aromatic amines is 1. The van der Waals surface area contributed by atoms with E-state index in [0.717, 1.165) is 43.0 Å². The standard InChI is InChI=1S/C19H21Cl2N5O/c1-11(14-6-13(20)2-3-15(14)21)26-17-7-18(23-9-12-4-5-22-8-12)24-10-16(17)25-19(26)27/h2-3,6-7,10-12,22H,4-5,8-9H2,1H3,(H,23,24)(H,25,27)/t11?,12-/m1/s1. The molecule has 3 heterocycles. The summed E-state index contributed by atoms with van der Waals surface area (Å²) < 4.78 is 1.69. The number of rotatable bonds is 5. The number of imidazole rings is 1. The van der Waals surface area contributed by atoms with Gasteiger partial charge in [0.25, 0.3) is 0 Å². The molecule has 0 bridgehead atoms. The van der Waals surface area contributed by atoms with E-state index in [2.05, 4.69) is 20.6 Å². The van der Waals surface area contributed by atoms with Crippen LogP contribution in [0.5, 0.6) is 0 Å². The molecule has 3 aromatic rings. The molecule has 3 N–H and O–H groups in total. The van der Waals surface area contributed by atoms with Crippen molar-refractivity contribution in [3.05, 3.63) is 56.6 Å². The van der Waals surface area contributed by atoms with Gasteiger partial charge in [0.05, 0.1) is 23.3 Å². The zero-order valence-electron chi connectivity index (χ0n) is 14.9. The van der Waals surface area contributed by atoms with Crippen LogP contribution in [0.1, 0.15) is 24.9 Å². The second-order valence-electron chi connectivity index (χ2n) is 6.97. The molecule has 1 aliphatic heterocycles. The lowest BCUT2D eigenvalue weighted by Gasteiger charge is -2.16. The first-order valence-electron chi connectivity index (χ1n) is 9.02. The predicted molar refractivity (Wildman–Crippen MR) is 110 cm³/mol. The molecule has 142 valence electrons. The van der Waals surface area contributed by atoms with Crippen LogP contribution in [0.15, 0.2) is 35.3 Å². The molecule has 0 amide bonds. The SMILES string of the molecule is CC(c1cc(Cl)ccc1Cl)n1c(=O)[nH]c2cnc(NC[C@@H]3CCNC3)cc21. The third kappa shape index (κ3) is 3.70. The van der Waals surface area contributed by atoms with E-state index in [1.165, 1.54) is 0 Å². The van der Waals surface area contributed by atoms with Gasteiger partial charge in [-0.15, -0.1) is 0 Å². The maximum absolute atomic E-state index is 12.6. The smallest absolute Gasteiger partial charge is 0.327 e. The van der Waals surface area contributed by atoms with Crippen LogP contribution in [0.25, 0.3) is 11.0 Å². The highest BCUT2D eigenvalue weighted by atomic mass is 35.5. The zero-order valence-corrected chi connectivity index (χ0v) is 16.4. The number of nitrogens with one attached hydrogen (secondary N) is 3. The van der Waals surface area contributed by atoms with Crippen molar-refractivity contribution in [2.75, 3.05) is 25.0 Å². The molecule has 1 saturated heterocycles. The number of benzene rings is 1. The van der Waals surface area contributed by atoms with Crippen molar-refractivity contribution in [2.24, 2.45) is 5.92 Å². The van der Waals surface area contributed by atoms with E-state index >= 15 is 0 Å². The van der Waals surface area contributed by atoms with Crippen LogP contribution < -0.4 is 16.3 Å². The van der Waals surface area contributed by atoms with Crippen molar-refractivity contribution >= 4 is 40.1 Å². The van der Waals surface area contributed by atoms with Gasteiger partial charge in [-0.25, -0.2) is 9.78 Å². The van der Waals surface area contributed by atoms with Crippen LogP contribution in [0.4, 0.5) is 5.82 Å². The van der Waals surface area contributed by atoms with E-state index in [9.17, 15) is 4.79 Å². The number of fused-ring (bicyclic) bond motifs is 1. The Morgan fingerprint density at radius 2 is 2.22 bits per heavy atom. The average Bonchev–Trinajstić information content (AvgIpc) is 3.28. The van der Waals surface area contributed by atoms with E-state index in [4.69, 9.17) is 23.2 Å². The number of hydrogen-bond acceptors (Lipinski definition) is 4. The van der Waals surface area contributed by atoms with Crippen LogP contribution in [0, 0.1) is 5.92 Å². The lowest BCUT2D eigenvalue weighted by Crippen LogP contribution is -2.21. The van der Waals surface area contributed by atoms with Crippen LogP contribution in [-0.2, 0) is 0 Å². The molecule has 4 rings (SSSR count). The number of nitrogens with zero attached hydrogens (tertiary/aromatic N) is 2. The molecule has 2 aromatic heterocycles. The summed E-state index contributed by atoms with van der Waals surface area (Å²) in [7, 11) is 0. The molecule has 0 aliphatic carbocycles. The molecule has 6 nitrogen and oxygen atoms in total. The van der Waals surface area contributed by atoms with E-state index < -0.39 is 0 Å². The van der Waals surface area contributed by atoms with E-state index in [1.54, 1.807) is 29.0 Å². The normalized spacial score (nSPS) is 18.1. The van der Waals surface area contributed by atoms with Crippen molar-refractivity contribution in [2.45, 2.75) is 19.4 Å². The molecule has 0 radical (unpaired) electrons. The number of pyridine rings is 1. The van der Waals surface area contributed by atoms with Crippen LogP contribution in [0.2, 0.25) is 10.0 Å². The number of hydrogen-bond donors (Lipinski definition) is 3. The minimum absolute atomic E-state index is 0.201. The summed E-state index contributed by atoms with van der Waals surface area (Å²) in [6.07, 6.45) is 2.85. The van der Waals surface area contributed by atoms with Crippen molar-refractivity contribution in [1.29, 1.82) is 0 Å². The van der Waals surface area contributed by atoms with Gasteiger partial charge in [0, 0.05) is 22.7 Å². The monoisotopic (exact) mass is 405 g/mol. The third-order valence-corrected chi connectivity index (χ3v) is 5.71. The molecule has 0 spiro atoms. The summed E-state index contributed by atoms with van der Waals surface area (Å²) in [5.41, 5.74) is 2.08. The largest absolute Gasteiger partial charge is 0.370 e. The van der Waals surface area contributed by atoms with Crippen molar-refractivity contribution in [3.63, 3.8) is 0 Å². The lowest BCUT2D eigenvalue weighted by molar-refractivity contribution is 0.614. The first-order valence-corrected chi connectivity index (χ1v) is 9.78. The van der Waals surface area contributed by atoms with Gasteiger partial charge >= 0.3 is 5.69 Å². The molecular formula is C19H21Cl2N5O. The number of aromatic nitrogens is 3. The van der Waals surface area contributed by atoms with Crippen LogP contribution in [-0.4, -0.2) is 34.2 Å². The van der Waals surface area contributed by atoms with Gasteiger partial charge in [-0.3, -0.25) is 4.57 Å². The summed E-state index contributed by atoms with van der Waals surface area (Å²) >= 11 is 12.5. The fourth-order valence-electron chi connectivity index (χ4n) is 3.62. The molecule has 1 unspecified atom stereocenters. The fraction of sp³-hybridized carbons (Fsp3) is 0.368. The van der Waals surface area contributed by atoms with Gasteiger partial charge < -0.3 is 15.6 Å². The first-order chi connectivity index (χ1) is 13.0. The molecule has 1 aromatic carbocycles. The summed E-state index contributed by atoms with van der Waals surface area (Å²) in [5, 5.41) is 7.91. The van der Waals surface area contributed by atoms with E-state index in [1.807, 2.05) is 13.0 Å². The Labute approximate surface area is 166 Å². The molecule has 0 saturated carbocycles. The van der Waals surface area contributed by atoms with Crippen LogP contribution >= 0.6 is 23.2 Å². The minimum atomic E-state index is -0.272. The molecule has 8 heteroatoms. The Kier molecular flexibility index (Phi) is 5.12. The Morgan fingerprint density at radius 1 is 1.37 bits per heavy atom. The lowest BCUT2D eigenvalue weighted by atomic mass is 10.1. The second-order valence-corrected chi connectivity index (χ2v) is 7.81. The van der Waals surface area contributed by atoms with Gasteiger partial charge in [0.2, 0.25) is 0 Å². The van der Waals surface area contributed by atoms with Crippen molar-refractivity contribution in [1.82, 2.24) is 19.9 Å². The summed E-state index contributed by atoms with van der Waals surface area (Å²) in [6.45, 7) is 4.88. The van der Waals surface area contributed by atoms with Gasteiger partial charge in [-0.1, -0.05) is 23.2 Å². The fourth-order valence-corrected chi connectivity index (χ4v) is 4.07. The number of H-pyrrole nitrogens is 1. The van der Waals surface area contributed by atoms with E-state index in [0.29, 0.717) is 21.5 Å². The first kappa shape index (κ1) is 18.3. The van der Waals surface area contributed by atoms with Gasteiger partial charge in [-0.2, -0.15) is 0 Å². The molecule has 1 fully saturated rings. The van der Waals surface area contributed by atoms with Gasteiger partial charge in [-0.05, 0) is 56.1 Å². The molecule has 1 aliphatic rings. The maximum Gasteiger partial charge on any atom is 0.327 e. The summed E-state index contributed by atoms with van der Waals surface area (Å²) in [5.74, 6) is 1.35. The summed E-state index contributed by atoms with van der Waals surface area (Å²) in [4.78, 5) is 19.9. The second kappa shape index (κ2) is 7.54. The Balaban J connectivity index is 1.69. The van der Waals surface area contributed by atoms with Crippen LogP contribution in [0.3, 0.4) is 0 Å². The van der Waals surface area contributed by atoms with Crippen molar-refractivity contribution in [3.8, 4) is 0 Å². The summed E-state index contributed by atoms with van der Waals surface area (Å²) in [6, 6.07) is 6.92. The predicted octanol–water partition coefficient (Wildman–Crippen LogP) is 3.66. The number of halogens is 2. The third-order valence-electron chi connectivity index (χ3n) is 5.13. The molecule has 27 heavy (non-hydrogen) atoms. The Bertz CT molecular complexity index is 1020. The average molecular weight is 406 g/mol. The molecule has 2 atom stereocenters. The zero-order chi connectivity index (χ0) is 19.0.